The molecule has 4 nitrogen and oxygen atoms in total. The fourth-order valence-electron chi connectivity index (χ4n) is 3.39. The first-order chi connectivity index (χ1) is 15.7. The fourth-order valence-corrected chi connectivity index (χ4v) is 4.84. The Morgan fingerprint density at radius 3 is 2.42 bits per heavy atom. The van der Waals surface area contributed by atoms with Crippen LogP contribution in [0.1, 0.15) is 27.8 Å². The van der Waals surface area contributed by atoms with E-state index in [9.17, 15) is 23.2 Å². The summed E-state index contributed by atoms with van der Waals surface area (Å²) >= 11 is 6.92. The van der Waals surface area contributed by atoms with Gasteiger partial charge in [0.1, 0.15) is 12.4 Å². The topological polar surface area (TPSA) is 62.1 Å². The Kier molecular flexibility index (Phi) is 6.32. The highest BCUT2D eigenvalue weighted by Gasteiger charge is 2.33. The van der Waals surface area contributed by atoms with Gasteiger partial charge in [-0.25, -0.2) is 0 Å². The number of halogens is 5. The molecule has 0 aromatic heterocycles. The molecule has 1 aliphatic heterocycles. The Morgan fingerprint density at radius 2 is 1.76 bits per heavy atom. The van der Waals surface area contributed by atoms with Gasteiger partial charge in [0.05, 0.1) is 26.1 Å². The number of fused-ring (bicyclic) bond motifs is 1. The molecule has 1 heterocycles. The van der Waals surface area contributed by atoms with E-state index in [-0.39, 0.29) is 17.9 Å². The third-order valence-corrected chi connectivity index (χ3v) is 6.15. The van der Waals surface area contributed by atoms with Crippen LogP contribution in [-0.2, 0) is 17.6 Å². The van der Waals surface area contributed by atoms with Crippen molar-refractivity contribution in [2.45, 2.75) is 12.8 Å². The number of hydrogen-bond acceptors (Lipinski definition) is 3. The number of hydrogen-bond donors (Lipinski definition) is 1. The minimum Gasteiger partial charge on any atom is -0.486 e. The van der Waals surface area contributed by atoms with E-state index in [1.807, 2.05) is 6.07 Å². The summed E-state index contributed by atoms with van der Waals surface area (Å²) in [6, 6.07) is 15.9. The molecule has 1 N–H and O–H groups in total. The van der Waals surface area contributed by atoms with Gasteiger partial charge in [0.15, 0.2) is 0 Å². The van der Waals surface area contributed by atoms with Gasteiger partial charge in [-0.15, -0.1) is 0 Å². The van der Waals surface area contributed by atoms with Crippen molar-refractivity contribution in [3.63, 3.8) is 0 Å². The van der Waals surface area contributed by atoms with Gasteiger partial charge in [0.25, 0.3) is 5.91 Å². The summed E-state index contributed by atoms with van der Waals surface area (Å²) in [5, 5.41) is 11.7. The largest absolute Gasteiger partial charge is 0.486 e. The molecule has 0 saturated heterocycles. The molecule has 9 heteroatoms. The fraction of sp³-hybridized carbons (Fsp3) is 0.0833. The standard InChI is InChI=1S/C24H13Br2F3N2O2/c25-19-8-13(9-20(26)22(19)33-12-15-4-2-1-3-14(15)11-30)7-18-17-6-5-16(24(27,28)29)10-21(17)31-23(18)32/h1-10H,12H2,(H,31,32)/b18-7-. The van der Waals surface area contributed by atoms with Crippen LogP contribution in [0, 0.1) is 11.3 Å². The normalized spacial score (nSPS) is 14.1. The van der Waals surface area contributed by atoms with Crippen molar-refractivity contribution >= 4 is 55.1 Å². The van der Waals surface area contributed by atoms with Crippen molar-refractivity contribution in [3.8, 4) is 11.8 Å². The van der Waals surface area contributed by atoms with Gasteiger partial charge in [-0.3, -0.25) is 4.79 Å². The molecule has 166 valence electrons. The molecule has 0 unspecified atom stereocenters. The highest BCUT2D eigenvalue weighted by Crippen LogP contribution is 2.40. The summed E-state index contributed by atoms with van der Waals surface area (Å²) in [4.78, 5) is 12.4. The van der Waals surface area contributed by atoms with E-state index in [0.29, 0.717) is 31.4 Å². The Hall–Kier alpha value is -3.09. The van der Waals surface area contributed by atoms with Gasteiger partial charge < -0.3 is 10.1 Å². The van der Waals surface area contributed by atoms with Gasteiger partial charge in [0, 0.05) is 22.4 Å². The first-order valence-corrected chi connectivity index (χ1v) is 11.1. The number of carbonyl (C=O) groups is 1. The predicted octanol–water partition coefficient (Wildman–Crippen LogP) is 7.17. The Labute approximate surface area is 203 Å². The number of alkyl halides is 3. The molecule has 4 rings (SSSR count). The zero-order chi connectivity index (χ0) is 23.8. The monoisotopic (exact) mass is 576 g/mol. The molecular formula is C24H13Br2F3N2O2. The van der Waals surface area contributed by atoms with Gasteiger partial charge in [-0.05, 0) is 73.8 Å². The molecule has 33 heavy (non-hydrogen) atoms. The molecular weight excluding hydrogens is 565 g/mol. The third-order valence-electron chi connectivity index (χ3n) is 4.97. The van der Waals surface area contributed by atoms with Crippen LogP contribution in [0.4, 0.5) is 18.9 Å². The number of anilines is 1. The average molecular weight is 578 g/mol. The molecule has 1 aliphatic rings. The van der Waals surface area contributed by atoms with Crippen LogP contribution in [0.5, 0.6) is 5.75 Å². The van der Waals surface area contributed by atoms with Crippen LogP contribution in [0.15, 0.2) is 63.5 Å². The molecule has 0 aliphatic carbocycles. The first kappa shape index (κ1) is 23.1. The van der Waals surface area contributed by atoms with Crippen molar-refractivity contribution < 1.29 is 22.7 Å². The van der Waals surface area contributed by atoms with Crippen molar-refractivity contribution in [3.05, 3.63) is 91.4 Å². The van der Waals surface area contributed by atoms with Gasteiger partial charge in [-0.1, -0.05) is 24.3 Å². The van der Waals surface area contributed by atoms with Crippen LogP contribution in [0.3, 0.4) is 0 Å². The van der Waals surface area contributed by atoms with Gasteiger partial charge in [0.2, 0.25) is 0 Å². The lowest BCUT2D eigenvalue weighted by molar-refractivity contribution is -0.137. The van der Waals surface area contributed by atoms with Crippen LogP contribution in [0.2, 0.25) is 0 Å². The number of nitriles is 1. The van der Waals surface area contributed by atoms with E-state index in [1.54, 1.807) is 36.4 Å². The third kappa shape index (κ3) is 4.82. The van der Waals surface area contributed by atoms with Gasteiger partial charge >= 0.3 is 6.18 Å². The summed E-state index contributed by atoms with van der Waals surface area (Å²) in [7, 11) is 0. The van der Waals surface area contributed by atoms with Crippen molar-refractivity contribution in [2.75, 3.05) is 5.32 Å². The lowest BCUT2D eigenvalue weighted by Gasteiger charge is -2.12. The molecule has 0 spiro atoms. The van der Waals surface area contributed by atoms with Crippen molar-refractivity contribution in [1.29, 1.82) is 5.26 Å². The summed E-state index contributed by atoms with van der Waals surface area (Å²) in [6.07, 6.45) is -2.90. The van der Waals surface area contributed by atoms with Crippen LogP contribution in [0.25, 0.3) is 11.6 Å². The Bertz CT molecular complexity index is 1320. The summed E-state index contributed by atoms with van der Waals surface area (Å²) in [6.45, 7) is 0.179. The van der Waals surface area contributed by atoms with E-state index in [2.05, 4.69) is 43.2 Å². The minimum absolute atomic E-state index is 0.121. The van der Waals surface area contributed by atoms with E-state index in [0.717, 1.165) is 17.7 Å². The summed E-state index contributed by atoms with van der Waals surface area (Å²) in [5.41, 5.74) is 1.84. The molecule has 0 atom stereocenters. The summed E-state index contributed by atoms with van der Waals surface area (Å²) < 4.78 is 46.0. The second-order valence-corrected chi connectivity index (χ2v) is 8.85. The zero-order valence-corrected chi connectivity index (χ0v) is 19.8. The lowest BCUT2D eigenvalue weighted by atomic mass is 10.0. The predicted molar refractivity (Wildman–Crippen MR) is 125 cm³/mol. The van der Waals surface area contributed by atoms with E-state index < -0.39 is 17.6 Å². The number of amides is 1. The number of carbonyl (C=O) groups excluding carboxylic acids is 1. The minimum atomic E-state index is -4.49. The number of rotatable bonds is 4. The van der Waals surface area contributed by atoms with Gasteiger partial charge in [-0.2, -0.15) is 18.4 Å². The molecule has 0 saturated carbocycles. The molecule has 0 radical (unpaired) electrons. The highest BCUT2D eigenvalue weighted by molar-refractivity contribution is 9.11. The molecule has 3 aromatic carbocycles. The second-order valence-electron chi connectivity index (χ2n) is 7.14. The summed E-state index contributed by atoms with van der Waals surface area (Å²) in [5.74, 6) is 0.0287. The zero-order valence-electron chi connectivity index (χ0n) is 16.6. The number of ether oxygens (including phenoxy) is 1. The van der Waals surface area contributed by atoms with Crippen LogP contribution >= 0.6 is 31.9 Å². The van der Waals surface area contributed by atoms with E-state index >= 15 is 0 Å². The maximum absolute atomic E-state index is 13.0. The first-order valence-electron chi connectivity index (χ1n) is 9.52. The average Bonchev–Trinajstić information content (AvgIpc) is 3.07. The molecule has 1 amide bonds. The molecule has 0 bridgehead atoms. The Balaban J connectivity index is 1.62. The Morgan fingerprint density at radius 1 is 1.06 bits per heavy atom. The number of nitrogens with zero attached hydrogens (tertiary/aromatic N) is 1. The van der Waals surface area contributed by atoms with Crippen LogP contribution in [-0.4, -0.2) is 5.91 Å². The number of benzene rings is 3. The smallest absolute Gasteiger partial charge is 0.416 e. The lowest BCUT2D eigenvalue weighted by Crippen LogP contribution is -2.06. The van der Waals surface area contributed by atoms with Crippen molar-refractivity contribution in [1.82, 2.24) is 0 Å². The molecule has 0 fully saturated rings. The number of nitrogens with one attached hydrogen (secondary N) is 1. The van der Waals surface area contributed by atoms with E-state index in [4.69, 9.17) is 4.74 Å². The van der Waals surface area contributed by atoms with E-state index in [1.165, 1.54) is 6.07 Å². The SMILES string of the molecule is N#Cc1ccccc1COc1c(Br)cc(/C=C2\C(=O)Nc3cc(C(F)(F)F)ccc32)cc1Br. The van der Waals surface area contributed by atoms with Crippen LogP contribution < -0.4 is 10.1 Å². The highest BCUT2D eigenvalue weighted by atomic mass is 79.9. The quantitative estimate of drug-likeness (QED) is 0.334. The maximum Gasteiger partial charge on any atom is 0.416 e. The van der Waals surface area contributed by atoms with Crippen molar-refractivity contribution in [2.24, 2.45) is 0 Å². The second kappa shape index (κ2) is 9.04. The molecule has 3 aromatic rings. The maximum atomic E-state index is 13.0.